The summed E-state index contributed by atoms with van der Waals surface area (Å²) in [6.07, 6.45) is 3.65. The fraction of sp³-hybridized carbons (Fsp3) is 0.286. The lowest BCUT2D eigenvalue weighted by Gasteiger charge is -2.24. The highest BCUT2D eigenvalue weighted by Gasteiger charge is 2.24. The molecule has 1 fully saturated rings. The summed E-state index contributed by atoms with van der Waals surface area (Å²) >= 11 is 8.46. The smallest absolute Gasteiger partial charge is 0.146 e. The van der Waals surface area contributed by atoms with Gasteiger partial charge in [-0.15, -0.1) is 0 Å². The molecule has 0 bridgehead atoms. The van der Waals surface area contributed by atoms with Crippen LogP contribution >= 0.6 is 34.2 Å². The Kier molecular flexibility index (Phi) is 3.52. The lowest BCUT2D eigenvalue weighted by molar-refractivity contribution is 0.401. The van der Waals surface area contributed by atoms with Crippen LogP contribution in [-0.2, 0) is 0 Å². The molecule has 0 unspecified atom stereocenters. The average molecular weight is 371 g/mol. The Balaban J connectivity index is 2.10. The molecule has 1 saturated carbocycles. The maximum atomic E-state index is 6.24. The van der Waals surface area contributed by atoms with E-state index in [2.05, 4.69) is 39.7 Å². The van der Waals surface area contributed by atoms with E-state index >= 15 is 0 Å². The molecule has 4 heteroatoms. The van der Waals surface area contributed by atoms with Crippen LogP contribution in [0, 0.1) is 3.57 Å². The molecule has 2 aromatic rings. The van der Waals surface area contributed by atoms with Gasteiger partial charge in [0.25, 0.3) is 0 Å². The topological polar surface area (TPSA) is 25.8 Å². The quantitative estimate of drug-likeness (QED) is 0.567. The van der Waals surface area contributed by atoms with Crippen LogP contribution in [-0.4, -0.2) is 9.97 Å². The number of aromatic nitrogens is 2. The fourth-order valence-electron chi connectivity index (χ4n) is 2.07. The normalized spacial score (nSPS) is 15.4. The monoisotopic (exact) mass is 370 g/mol. The third-order valence-corrected chi connectivity index (χ3v) is 4.96. The number of halogens is 2. The number of nitrogens with zero attached hydrogens (tertiary/aromatic N) is 2. The van der Waals surface area contributed by atoms with Crippen molar-refractivity contribution in [3.05, 3.63) is 44.9 Å². The summed E-state index contributed by atoms with van der Waals surface area (Å²) in [4.78, 5) is 9.15. The lowest BCUT2D eigenvalue weighted by atomic mass is 9.85. The summed E-state index contributed by atoms with van der Waals surface area (Å²) in [5.74, 6) is 1.41. The summed E-state index contributed by atoms with van der Waals surface area (Å²) < 4.78 is 0.934. The van der Waals surface area contributed by atoms with E-state index in [4.69, 9.17) is 16.6 Å². The van der Waals surface area contributed by atoms with Crippen molar-refractivity contribution in [3.63, 3.8) is 0 Å². The summed E-state index contributed by atoms with van der Waals surface area (Å²) in [6, 6.07) is 10.2. The Hall–Kier alpha value is -0.680. The molecule has 3 rings (SSSR count). The number of benzene rings is 1. The first-order valence-corrected chi connectivity index (χ1v) is 7.49. The molecule has 0 radical (unpaired) electrons. The van der Waals surface area contributed by atoms with Crippen molar-refractivity contribution < 1.29 is 0 Å². The van der Waals surface area contributed by atoms with Gasteiger partial charge in [-0.05, 0) is 35.4 Å². The molecule has 0 atom stereocenters. The first kappa shape index (κ1) is 12.4. The molecule has 0 N–H and O–H groups in total. The van der Waals surface area contributed by atoms with Crippen LogP contribution < -0.4 is 0 Å². The van der Waals surface area contributed by atoms with E-state index in [0.717, 1.165) is 20.7 Å². The molecular formula is C14H12ClIN2. The van der Waals surface area contributed by atoms with Crippen molar-refractivity contribution in [2.75, 3.05) is 0 Å². The van der Waals surface area contributed by atoms with E-state index < -0.39 is 0 Å². The van der Waals surface area contributed by atoms with Crippen LogP contribution in [0.15, 0.2) is 30.3 Å². The molecule has 1 heterocycles. The fourth-order valence-corrected chi connectivity index (χ4v) is 2.80. The third-order valence-electron chi connectivity index (χ3n) is 3.35. The minimum absolute atomic E-state index is 0.502. The lowest BCUT2D eigenvalue weighted by Crippen LogP contribution is -2.14. The van der Waals surface area contributed by atoms with Gasteiger partial charge in [0.15, 0.2) is 0 Å². The molecule has 0 spiro atoms. The highest BCUT2D eigenvalue weighted by Crippen LogP contribution is 2.37. The van der Waals surface area contributed by atoms with Crippen LogP contribution in [0.4, 0.5) is 0 Å². The summed E-state index contributed by atoms with van der Waals surface area (Å²) in [5.41, 5.74) is 2.06. The van der Waals surface area contributed by atoms with Gasteiger partial charge < -0.3 is 0 Å². The molecule has 1 aliphatic carbocycles. The Bertz CT molecular complexity index is 568. The Morgan fingerprint density at radius 3 is 2.44 bits per heavy atom. The number of hydrogen-bond donors (Lipinski definition) is 0. The Labute approximate surface area is 125 Å². The van der Waals surface area contributed by atoms with Gasteiger partial charge in [-0.3, -0.25) is 0 Å². The summed E-state index contributed by atoms with van der Waals surface area (Å²) in [5, 5.41) is 0.575. The zero-order valence-corrected chi connectivity index (χ0v) is 12.6. The van der Waals surface area contributed by atoms with E-state index in [-0.39, 0.29) is 0 Å². The molecule has 0 amide bonds. The van der Waals surface area contributed by atoms with Crippen LogP contribution in [0.3, 0.4) is 0 Å². The van der Waals surface area contributed by atoms with E-state index in [1.807, 2.05) is 18.2 Å². The van der Waals surface area contributed by atoms with Crippen molar-refractivity contribution in [3.8, 4) is 11.3 Å². The zero-order chi connectivity index (χ0) is 12.5. The highest BCUT2D eigenvalue weighted by molar-refractivity contribution is 14.1. The van der Waals surface area contributed by atoms with E-state index in [9.17, 15) is 0 Å². The van der Waals surface area contributed by atoms with Crippen molar-refractivity contribution in [1.82, 2.24) is 9.97 Å². The van der Waals surface area contributed by atoms with Crippen molar-refractivity contribution in [1.29, 1.82) is 0 Å². The third kappa shape index (κ3) is 2.26. The van der Waals surface area contributed by atoms with E-state index in [1.54, 1.807) is 0 Å². The maximum absolute atomic E-state index is 6.24. The Morgan fingerprint density at radius 2 is 1.83 bits per heavy atom. The zero-order valence-electron chi connectivity index (χ0n) is 9.74. The minimum atomic E-state index is 0.502. The van der Waals surface area contributed by atoms with Gasteiger partial charge in [0, 0.05) is 11.5 Å². The second-order valence-electron chi connectivity index (χ2n) is 4.53. The van der Waals surface area contributed by atoms with Gasteiger partial charge in [-0.1, -0.05) is 48.4 Å². The van der Waals surface area contributed by atoms with Crippen molar-refractivity contribution in [2.45, 2.75) is 25.2 Å². The SMILES string of the molecule is Clc1nc(C2CCC2)nc(-c2ccccc2)c1I. The van der Waals surface area contributed by atoms with Gasteiger partial charge in [0.2, 0.25) is 0 Å². The second-order valence-corrected chi connectivity index (χ2v) is 5.97. The van der Waals surface area contributed by atoms with Crippen LogP contribution in [0.5, 0.6) is 0 Å². The van der Waals surface area contributed by atoms with Crippen molar-refractivity contribution in [2.24, 2.45) is 0 Å². The van der Waals surface area contributed by atoms with Crippen molar-refractivity contribution >= 4 is 34.2 Å². The van der Waals surface area contributed by atoms with Crippen LogP contribution in [0.1, 0.15) is 31.0 Å². The van der Waals surface area contributed by atoms with Gasteiger partial charge in [-0.2, -0.15) is 0 Å². The molecule has 1 aromatic heterocycles. The predicted molar refractivity (Wildman–Crippen MR) is 81.8 cm³/mol. The molecule has 1 aliphatic rings. The Morgan fingerprint density at radius 1 is 1.11 bits per heavy atom. The van der Waals surface area contributed by atoms with Crippen LogP contribution in [0.25, 0.3) is 11.3 Å². The molecule has 18 heavy (non-hydrogen) atoms. The van der Waals surface area contributed by atoms with Gasteiger partial charge in [0.05, 0.1) is 9.26 Å². The van der Waals surface area contributed by atoms with Crippen LogP contribution in [0.2, 0.25) is 5.15 Å². The van der Waals surface area contributed by atoms with Gasteiger partial charge in [-0.25, -0.2) is 9.97 Å². The van der Waals surface area contributed by atoms with Gasteiger partial charge in [0.1, 0.15) is 11.0 Å². The molecular weight excluding hydrogens is 359 g/mol. The molecule has 1 aromatic carbocycles. The summed E-state index contributed by atoms with van der Waals surface area (Å²) in [7, 11) is 0. The first-order chi connectivity index (χ1) is 8.75. The molecule has 0 saturated heterocycles. The standard InChI is InChI=1S/C14H12ClIN2/c15-13-11(16)12(9-5-2-1-3-6-9)17-14(18-13)10-7-4-8-10/h1-3,5-6,10H,4,7-8H2. The molecule has 92 valence electrons. The first-order valence-electron chi connectivity index (χ1n) is 6.04. The maximum Gasteiger partial charge on any atom is 0.146 e. The molecule has 0 aliphatic heterocycles. The number of rotatable bonds is 2. The second kappa shape index (κ2) is 5.13. The average Bonchev–Trinajstić information content (AvgIpc) is 2.32. The van der Waals surface area contributed by atoms with Gasteiger partial charge >= 0.3 is 0 Å². The van der Waals surface area contributed by atoms with E-state index in [1.165, 1.54) is 19.3 Å². The minimum Gasteiger partial charge on any atom is -0.231 e. The molecule has 2 nitrogen and oxygen atoms in total. The van der Waals surface area contributed by atoms with E-state index in [0.29, 0.717) is 11.1 Å². The highest BCUT2D eigenvalue weighted by atomic mass is 127. The number of hydrogen-bond acceptors (Lipinski definition) is 2. The predicted octanol–water partition coefficient (Wildman–Crippen LogP) is 4.67. The summed E-state index contributed by atoms with van der Waals surface area (Å²) in [6.45, 7) is 0. The largest absolute Gasteiger partial charge is 0.231 e.